The van der Waals surface area contributed by atoms with E-state index in [1.54, 1.807) is 6.20 Å². The lowest BCUT2D eigenvalue weighted by Gasteiger charge is -2.09. The SMILES string of the molecule is S=C(Nc1ccc(Br)cc1)Nc1ccc(Br)cn1. The van der Waals surface area contributed by atoms with Crippen LogP contribution in [0.25, 0.3) is 0 Å². The Morgan fingerprint density at radius 3 is 2.22 bits per heavy atom. The second-order valence-electron chi connectivity index (χ2n) is 3.45. The molecule has 0 atom stereocenters. The van der Waals surface area contributed by atoms with Crippen LogP contribution in [-0.2, 0) is 0 Å². The fourth-order valence-corrected chi connectivity index (χ4v) is 1.98. The summed E-state index contributed by atoms with van der Waals surface area (Å²) in [5, 5.41) is 6.60. The van der Waals surface area contributed by atoms with E-state index in [1.165, 1.54) is 0 Å². The molecule has 0 fully saturated rings. The molecule has 92 valence electrons. The number of anilines is 2. The highest BCUT2D eigenvalue weighted by Crippen LogP contribution is 2.15. The molecule has 1 aromatic carbocycles. The summed E-state index contributed by atoms with van der Waals surface area (Å²) in [7, 11) is 0. The lowest BCUT2D eigenvalue weighted by atomic mass is 10.3. The van der Waals surface area contributed by atoms with Gasteiger partial charge < -0.3 is 10.6 Å². The van der Waals surface area contributed by atoms with Gasteiger partial charge >= 0.3 is 0 Å². The molecule has 2 rings (SSSR count). The van der Waals surface area contributed by atoms with Crippen molar-refractivity contribution in [2.45, 2.75) is 0 Å². The van der Waals surface area contributed by atoms with Crippen molar-refractivity contribution < 1.29 is 0 Å². The first-order valence-electron chi connectivity index (χ1n) is 5.08. The lowest BCUT2D eigenvalue weighted by molar-refractivity contribution is 1.31. The topological polar surface area (TPSA) is 37.0 Å². The van der Waals surface area contributed by atoms with Crippen molar-refractivity contribution in [1.82, 2.24) is 4.98 Å². The Labute approximate surface area is 127 Å². The normalized spacial score (nSPS) is 9.89. The number of hydrogen-bond donors (Lipinski definition) is 2. The van der Waals surface area contributed by atoms with Gasteiger partial charge in [0, 0.05) is 20.8 Å². The zero-order valence-electron chi connectivity index (χ0n) is 9.15. The summed E-state index contributed by atoms with van der Waals surface area (Å²) >= 11 is 11.9. The smallest absolute Gasteiger partial charge is 0.176 e. The lowest BCUT2D eigenvalue weighted by Crippen LogP contribution is -2.19. The van der Waals surface area contributed by atoms with Crippen LogP contribution < -0.4 is 10.6 Å². The number of halogens is 2. The van der Waals surface area contributed by atoms with Crippen LogP contribution >= 0.6 is 44.1 Å². The summed E-state index contributed by atoms with van der Waals surface area (Å²) in [6, 6.07) is 11.5. The van der Waals surface area contributed by atoms with Crippen molar-refractivity contribution in [2.75, 3.05) is 10.6 Å². The molecule has 6 heteroatoms. The van der Waals surface area contributed by atoms with Crippen LogP contribution in [0.15, 0.2) is 51.5 Å². The molecule has 18 heavy (non-hydrogen) atoms. The summed E-state index contributed by atoms with van der Waals surface area (Å²) in [5.74, 6) is 0.702. The van der Waals surface area contributed by atoms with Gasteiger partial charge in [0.15, 0.2) is 5.11 Å². The van der Waals surface area contributed by atoms with E-state index in [2.05, 4.69) is 47.5 Å². The minimum atomic E-state index is 0.507. The van der Waals surface area contributed by atoms with E-state index in [-0.39, 0.29) is 0 Å². The van der Waals surface area contributed by atoms with Crippen LogP contribution in [0.1, 0.15) is 0 Å². The van der Waals surface area contributed by atoms with E-state index in [0.717, 1.165) is 14.6 Å². The standard InChI is InChI=1S/C12H9Br2N3S/c13-8-1-4-10(5-2-8)16-12(18)17-11-6-3-9(14)7-15-11/h1-7H,(H2,15,16,17,18). The monoisotopic (exact) mass is 385 g/mol. The van der Waals surface area contributed by atoms with Gasteiger partial charge in [-0.15, -0.1) is 0 Å². The Balaban J connectivity index is 1.96. The van der Waals surface area contributed by atoms with E-state index < -0.39 is 0 Å². The first-order chi connectivity index (χ1) is 8.63. The molecular weight excluding hydrogens is 378 g/mol. The molecule has 1 heterocycles. The molecule has 0 bridgehead atoms. The molecule has 0 amide bonds. The summed E-state index contributed by atoms with van der Waals surface area (Å²) in [6.45, 7) is 0. The molecule has 3 nitrogen and oxygen atoms in total. The first kappa shape index (κ1) is 13.5. The molecule has 2 aromatic rings. The van der Waals surface area contributed by atoms with Crippen LogP contribution in [-0.4, -0.2) is 10.1 Å². The number of thiocarbonyl (C=S) groups is 1. The maximum Gasteiger partial charge on any atom is 0.176 e. The molecule has 0 aliphatic carbocycles. The number of nitrogens with one attached hydrogen (secondary N) is 2. The van der Waals surface area contributed by atoms with E-state index >= 15 is 0 Å². The van der Waals surface area contributed by atoms with Crippen molar-refractivity contribution in [2.24, 2.45) is 0 Å². The summed E-state index contributed by atoms with van der Waals surface area (Å²) in [6.07, 6.45) is 1.71. The number of nitrogens with zero attached hydrogens (tertiary/aromatic N) is 1. The minimum Gasteiger partial charge on any atom is -0.332 e. The molecular formula is C12H9Br2N3S. The van der Waals surface area contributed by atoms with E-state index in [1.807, 2.05) is 36.4 Å². The van der Waals surface area contributed by atoms with E-state index in [0.29, 0.717) is 10.9 Å². The average Bonchev–Trinajstić information content (AvgIpc) is 2.35. The Bertz CT molecular complexity index is 491. The quantitative estimate of drug-likeness (QED) is 0.749. The Morgan fingerprint density at radius 1 is 0.944 bits per heavy atom. The van der Waals surface area contributed by atoms with Crippen LogP contribution in [0, 0.1) is 0 Å². The van der Waals surface area contributed by atoms with Gasteiger partial charge in [0.1, 0.15) is 5.82 Å². The fraction of sp³-hybridized carbons (Fsp3) is 0. The zero-order chi connectivity index (χ0) is 13.0. The van der Waals surface area contributed by atoms with Gasteiger partial charge in [-0.25, -0.2) is 4.98 Å². The second kappa shape index (κ2) is 6.26. The molecule has 0 spiro atoms. The third kappa shape index (κ3) is 4.04. The maximum atomic E-state index is 5.20. The number of pyridine rings is 1. The first-order valence-corrected chi connectivity index (χ1v) is 7.08. The Kier molecular flexibility index (Phi) is 4.68. The average molecular weight is 387 g/mol. The fourth-order valence-electron chi connectivity index (χ4n) is 1.26. The maximum absolute atomic E-state index is 5.20. The number of rotatable bonds is 2. The Morgan fingerprint density at radius 2 is 1.61 bits per heavy atom. The molecule has 0 saturated heterocycles. The predicted molar refractivity (Wildman–Crippen MR) is 85.9 cm³/mol. The second-order valence-corrected chi connectivity index (χ2v) is 5.69. The Hall–Kier alpha value is -0.980. The van der Waals surface area contributed by atoms with Crippen molar-refractivity contribution in [3.63, 3.8) is 0 Å². The highest BCUT2D eigenvalue weighted by atomic mass is 79.9. The summed E-state index contributed by atoms with van der Waals surface area (Å²) in [5.41, 5.74) is 0.924. The molecule has 0 radical (unpaired) electrons. The minimum absolute atomic E-state index is 0.507. The molecule has 1 aromatic heterocycles. The van der Waals surface area contributed by atoms with Crippen LogP contribution in [0.4, 0.5) is 11.5 Å². The molecule has 0 aliphatic heterocycles. The van der Waals surface area contributed by atoms with Crippen molar-refractivity contribution in [3.8, 4) is 0 Å². The van der Waals surface area contributed by atoms with Gasteiger partial charge in [0.25, 0.3) is 0 Å². The molecule has 0 aliphatic rings. The molecule has 0 unspecified atom stereocenters. The van der Waals surface area contributed by atoms with Gasteiger partial charge in [0.05, 0.1) is 0 Å². The van der Waals surface area contributed by atoms with Gasteiger partial charge in [-0.1, -0.05) is 15.9 Å². The summed E-state index contributed by atoms with van der Waals surface area (Å²) < 4.78 is 1.96. The van der Waals surface area contributed by atoms with E-state index in [4.69, 9.17) is 12.2 Å². The predicted octanol–water partition coefficient (Wildman–Crippen LogP) is 4.42. The third-order valence-electron chi connectivity index (χ3n) is 2.07. The van der Waals surface area contributed by atoms with Gasteiger partial charge in [-0.2, -0.15) is 0 Å². The van der Waals surface area contributed by atoms with Crippen LogP contribution in [0.2, 0.25) is 0 Å². The van der Waals surface area contributed by atoms with Crippen molar-refractivity contribution in [3.05, 3.63) is 51.5 Å². The molecule has 0 saturated carbocycles. The van der Waals surface area contributed by atoms with Crippen molar-refractivity contribution >= 4 is 60.7 Å². The number of hydrogen-bond acceptors (Lipinski definition) is 2. The van der Waals surface area contributed by atoms with Gasteiger partial charge in [0.2, 0.25) is 0 Å². The largest absolute Gasteiger partial charge is 0.332 e. The van der Waals surface area contributed by atoms with Gasteiger partial charge in [-0.3, -0.25) is 0 Å². The highest BCUT2D eigenvalue weighted by molar-refractivity contribution is 9.10. The van der Waals surface area contributed by atoms with Crippen LogP contribution in [0.5, 0.6) is 0 Å². The zero-order valence-corrected chi connectivity index (χ0v) is 13.1. The van der Waals surface area contributed by atoms with Crippen molar-refractivity contribution in [1.29, 1.82) is 0 Å². The molecule has 2 N–H and O–H groups in total. The van der Waals surface area contributed by atoms with E-state index in [9.17, 15) is 0 Å². The van der Waals surface area contributed by atoms with Crippen LogP contribution in [0.3, 0.4) is 0 Å². The summed E-state index contributed by atoms with van der Waals surface area (Å²) in [4.78, 5) is 4.18. The van der Waals surface area contributed by atoms with Gasteiger partial charge in [-0.05, 0) is 64.5 Å². The number of benzene rings is 1. The third-order valence-corrected chi connectivity index (χ3v) is 3.27. The number of aromatic nitrogens is 1. The highest BCUT2D eigenvalue weighted by Gasteiger charge is 1.99.